The van der Waals surface area contributed by atoms with Gasteiger partial charge in [-0.1, -0.05) is 38.5 Å². The predicted molar refractivity (Wildman–Crippen MR) is 75.2 cm³/mol. The van der Waals surface area contributed by atoms with Crippen molar-refractivity contribution in [3.8, 4) is 0 Å². The van der Waals surface area contributed by atoms with Gasteiger partial charge in [-0.15, -0.1) is 0 Å². The van der Waals surface area contributed by atoms with Crippen molar-refractivity contribution in [1.29, 1.82) is 0 Å². The summed E-state index contributed by atoms with van der Waals surface area (Å²) in [5.74, 6) is 0.761. The van der Waals surface area contributed by atoms with E-state index in [0.717, 1.165) is 28.7 Å². The van der Waals surface area contributed by atoms with Gasteiger partial charge in [-0.25, -0.2) is 9.50 Å². The first-order chi connectivity index (χ1) is 8.51. The summed E-state index contributed by atoms with van der Waals surface area (Å²) in [7, 11) is 0. The maximum atomic E-state index is 4.74. The molecule has 0 amide bonds. The van der Waals surface area contributed by atoms with Crippen LogP contribution < -0.4 is 0 Å². The van der Waals surface area contributed by atoms with Gasteiger partial charge in [-0.05, 0) is 37.5 Å². The molecule has 2 heterocycles. The molecule has 98 valence electrons. The van der Waals surface area contributed by atoms with Crippen LogP contribution in [0.25, 0.3) is 4.96 Å². The maximum absolute atomic E-state index is 4.74. The molecule has 0 radical (unpaired) electrons. The van der Waals surface area contributed by atoms with Crippen molar-refractivity contribution in [1.82, 2.24) is 14.6 Å². The molecule has 0 fully saturated rings. The molecule has 2 aromatic heterocycles. The quantitative estimate of drug-likeness (QED) is 0.828. The Labute approximate surface area is 112 Å². The van der Waals surface area contributed by atoms with E-state index in [4.69, 9.17) is 4.98 Å². The van der Waals surface area contributed by atoms with E-state index in [-0.39, 0.29) is 0 Å². The maximum Gasteiger partial charge on any atom is 0.212 e. The summed E-state index contributed by atoms with van der Waals surface area (Å²) >= 11 is 1.70. The number of rotatable bonds is 2. The Morgan fingerprint density at radius 1 is 1.44 bits per heavy atom. The molecule has 4 heteroatoms. The van der Waals surface area contributed by atoms with Gasteiger partial charge in [0.05, 0.1) is 11.4 Å². The minimum absolute atomic E-state index is 0.424. The average Bonchev–Trinajstić information content (AvgIpc) is 2.84. The lowest BCUT2D eigenvalue weighted by Crippen LogP contribution is -2.29. The highest BCUT2D eigenvalue weighted by atomic mass is 32.1. The Hall–Kier alpha value is -0.900. The SMILES string of the molecule is CCC(C)(C)C1CCc2nc3sc(C)nn3c2C1. The van der Waals surface area contributed by atoms with Gasteiger partial charge >= 0.3 is 0 Å². The number of nitrogens with zero attached hydrogens (tertiary/aromatic N) is 3. The van der Waals surface area contributed by atoms with E-state index in [0.29, 0.717) is 5.41 Å². The molecule has 1 aliphatic carbocycles. The standard InChI is InChI=1S/C14H21N3S/c1-5-14(3,4)10-6-7-11-12(8-10)17-13(15-11)18-9(2)16-17/h10H,5-8H2,1-4H3. The van der Waals surface area contributed by atoms with Crippen LogP contribution in [0.4, 0.5) is 0 Å². The van der Waals surface area contributed by atoms with Crippen molar-refractivity contribution in [2.45, 2.75) is 53.4 Å². The van der Waals surface area contributed by atoms with Gasteiger partial charge in [0.2, 0.25) is 4.96 Å². The van der Waals surface area contributed by atoms with Gasteiger partial charge in [-0.3, -0.25) is 0 Å². The number of hydrogen-bond donors (Lipinski definition) is 0. The molecule has 18 heavy (non-hydrogen) atoms. The van der Waals surface area contributed by atoms with Crippen LogP contribution in [0.1, 0.15) is 50.0 Å². The minimum Gasteiger partial charge on any atom is -0.222 e. The van der Waals surface area contributed by atoms with E-state index in [1.165, 1.54) is 24.2 Å². The second kappa shape index (κ2) is 4.05. The lowest BCUT2D eigenvalue weighted by Gasteiger charge is -2.35. The van der Waals surface area contributed by atoms with E-state index >= 15 is 0 Å². The highest BCUT2D eigenvalue weighted by molar-refractivity contribution is 7.16. The zero-order chi connectivity index (χ0) is 12.9. The minimum atomic E-state index is 0.424. The van der Waals surface area contributed by atoms with Crippen molar-refractivity contribution in [2.75, 3.05) is 0 Å². The largest absolute Gasteiger partial charge is 0.222 e. The summed E-state index contributed by atoms with van der Waals surface area (Å²) < 4.78 is 2.09. The van der Waals surface area contributed by atoms with Gasteiger partial charge in [-0.2, -0.15) is 5.10 Å². The van der Waals surface area contributed by atoms with Crippen molar-refractivity contribution in [2.24, 2.45) is 11.3 Å². The highest BCUT2D eigenvalue weighted by Crippen LogP contribution is 2.40. The van der Waals surface area contributed by atoms with Crippen molar-refractivity contribution in [3.63, 3.8) is 0 Å². The second-order valence-corrected chi connectivity index (χ2v) is 7.26. The number of fused-ring (bicyclic) bond motifs is 3. The van der Waals surface area contributed by atoms with Crippen molar-refractivity contribution >= 4 is 16.3 Å². The fraction of sp³-hybridized carbons (Fsp3) is 0.714. The number of aryl methyl sites for hydroxylation is 2. The van der Waals surface area contributed by atoms with Crippen molar-refractivity contribution < 1.29 is 0 Å². The van der Waals surface area contributed by atoms with E-state index in [1.807, 2.05) is 0 Å². The Morgan fingerprint density at radius 3 is 2.94 bits per heavy atom. The Morgan fingerprint density at radius 2 is 2.22 bits per heavy atom. The van der Waals surface area contributed by atoms with Gasteiger partial charge < -0.3 is 0 Å². The molecule has 2 aromatic rings. The smallest absolute Gasteiger partial charge is 0.212 e. The fourth-order valence-electron chi connectivity index (χ4n) is 2.93. The molecule has 3 nitrogen and oxygen atoms in total. The lowest BCUT2D eigenvalue weighted by atomic mass is 9.70. The third-order valence-electron chi connectivity index (χ3n) is 4.67. The molecule has 0 aliphatic heterocycles. The van der Waals surface area contributed by atoms with Gasteiger partial charge in [0, 0.05) is 0 Å². The van der Waals surface area contributed by atoms with Gasteiger partial charge in [0.25, 0.3) is 0 Å². The molecule has 3 rings (SSSR count). The van der Waals surface area contributed by atoms with Crippen molar-refractivity contribution in [3.05, 3.63) is 16.4 Å². The molecule has 0 bridgehead atoms. The van der Waals surface area contributed by atoms with Crippen LogP contribution in [0.15, 0.2) is 0 Å². The molecular formula is C14H21N3S. The first kappa shape index (κ1) is 12.2. The highest BCUT2D eigenvalue weighted by Gasteiger charge is 2.33. The third kappa shape index (κ3) is 1.78. The van der Waals surface area contributed by atoms with E-state index in [1.54, 1.807) is 11.3 Å². The van der Waals surface area contributed by atoms with Gasteiger partial charge in [0.15, 0.2) is 0 Å². The molecule has 1 aliphatic rings. The molecular weight excluding hydrogens is 242 g/mol. The summed E-state index contributed by atoms with van der Waals surface area (Å²) in [5, 5.41) is 5.71. The third-order valence-corrected chi connectivity index (χ3v) is 5.49. The first-order valence-electron chi connectivity index (χ1n) is 6.85. The molecule has 0 saturated heterocycles. The molecule has 0 spiro atoms. The van der Waals surface area contributed by atoms with E-state index < -0.39 is 0 Å². The number of aromatic nitrogens is 3. The molecule has 0 N–H and O–H groups in total. The first-order valence-corrected chi connectivity index (χ1v) is 7.67. The number of hydrogen-bond acceptors (Lipinski definition) is 3. The molecule has 0 saturated carbocycles. The molecule has 1 atom stereocenters. The van der Waals surface area contributed by atoms with Crippen LogP contribution in [0.2, 0.25) is 0 Å². The molecule has 0 aromatic carbocycles. The fourth-order valence-corrected chi connectivity index (χ4v) is 3.71. The van der Waals surface area contributed by atoms with E-state index in [9.17, 15) is 0 Å². The van der Waals surface area contributed by atoms with Crippen LogP contribution in [0.5, 0.6) is 0 Å². The summed E-state index contributed by atoms with van der Waals surface area (Å²) in [6, 6.07) is 0. The molecule has 1 unspecified atom stereocenters. The summed E-state index contributed by atoms with van der Waals surface area (Å²) in [4.78, 5) is 5.81. The van der Waals surface area contributed by atoms with Crippen LogP contribution in [-0.2, 0) is 12.8 Å². The predicted octanol–water partition coefficient (Wildman–Crippen LogP) is 3.64. The van der Waals surface area contributed by atoms with Gasteiger partial charge in [0.1, 0.15) is 5.01 Å². The summed E-state index contributed by atoms with van der Waals surface area (Å²) in [6.45, 7) is 9.15. The monoisotopic (exact) mass is 263 g/mol. The van der Waals surface area contributed by atoms with Crippen LogP contribution in [0, 0.1) is 18.3 Å². The lowest BCUT2D eigenvalue weighted by molar-refractivity contribution is 0.180. The summed E-state index contributed by atoms with van der Waals surface area (Å²) in [5.41, 5.74) is 3.08. The van der Waals surface area contributed by atoms with Crippen LogP contribution in [0.3, 0.4) is 0 Å². The Kier molecular flexibility index (Phi) is 2.73. The zero-order valence-corrected chi connectivity index (χ0v) is 12.5. The topological polar surface area (TPSA) is 30.2 Å². The summed E-state index contributed by atoms with van der Waals surface area (Å²) in [6.07, 6.45) is 4.78. The number of imidazole rings is 1. The van der Waals surface area contributed by atoms with E-state index in [2.05, 4.69) is 37.3 Å². The Balaban J connectivity index is 2.00. The average molecular weight is 263 g/mol. The van der Waals surface area contributed by atoms with Crippen LogP contribution >= 0.6 is 11.3 Å². The zero-order valence-electron chi connectivity index (χ0n) is 11.7. The second-order valence-electron chi connectivity index (χ2n) is 6.10. The van der Waals surface area contributed by atoms with Crippen LogP contribution in [-0.4, -0.2) is 14.6 Å². The Bertz CT molecular complexity index is 579. The normalized spacial score (nSPS) is 20.3.